The molecule has 1 aliphatic heterocycles. The van der Waals surface area contributed by atoms with E-state index in [1.165, 1.54) is 16.8 Å². The Bertz CT molecular complexity index is 687. The first kappa shape index (κ1) is 19.3. The van der Waals surface area contributed by atoms with Crippen LogP contribution in [0.1, 0.15) is 11.1 Å². The minimum absolute atomic E-state index is 0. The zero-order valence-corrected chi connectivity index (χ0v) is 16.6. The van der Waals surface area contributed by atoms with Gasteiger partial charge in [-0.15, -0.1) is 24.0 Å². The number of hydrogen-bond acceptors (Lipinski definition) is 2. The summed E-state index contributed by atoms with van der Waals surface area (Å²) in [6, 6.07) is 18.9. The molecule has 1 aliphatic rings. The molecule has 4 nitrogen and oxygen atoms in total. The van der Waals surface area contributed by atoms with Crippen molar-refractivity contribution in [3.05, 3.63) is 77.9 Å². The summed E-state index contributed by atoms with van der Waals surface area (Å²) in [5.74, 6) is 0.499. The first-order valence-corrected chi connectivity index (χ1v) is 8.38. The molecule has 1 heterocycles. The fraction of sp³-hybridized carbons (Fsp3) is 0.250. The van der Waals surface area contributed by atoms with Crippen LogP contribution in [-0.4, -0.2) is 25.6 Å². The van der Waals surface area contributed by atoms with E-state index in [4.69, 9.17) is 5.73 Å². The van der Waals surface area contributed by atoms with Gasteiger partial charge in [-0.3, -0.25) is 0 Å². The predicted octanol–water partition coefficient (Wildman–Crippen LogP) is 3.33. The number of nitrogens with one attached hydrogen (secondary N) is 1. The topological polar surface area (TPSA) is 53.6 Å². The number of hydrogen-bond donors (Lipinski definition) is 2. The van der Waals surface area contributed by atoms with Gasteiger partial charge in [-0.25, -0.2) is 4.99 Å². The van der Waals surface area contributed by atoms with Crippen LogP contribution in [-0.2, 0) is 13.0 Å². The molecule has 0 unspecified atom stereocenters. The number of nitrogens with two attached hydrogens (primary N) is 1. The highest BCUT2D eigenvalue weighted by atomic mass is 127. The summed E-state index contributed by atoms with van der Waals surface area (Å²) in [4.78, 5) is 6.74. The molecule has 2 aromatic rings. The summed E-state index contributed by atoms with van der Waals surface area (Å²) in [5, 5.41) is 3.17. The zero-order chi connectivity index (χ0) is 16.6. The molecule has 132 valence electrons. The fourth-order valence-electron chi connectivity index (χ4n) is 2.71. The molecule has 0 amide bonds. The van der Waals surface area contributed by atoms with E-state index in [-0.39, 0.29) is 24.0 Å². The summed E-state index contributed by atoms with van der Waals surface area (Å²) in [6.45, 7) is 3.38. The smallest absolute Gasteiger partial charge is 0.188 e. The lowest BCUT2D eigenvalue weighted by atomic mass is 10.1. The molecular weight excluding hydrogens is 423 g/mol. The monoisotopic (exact) mass is 448 g/mol. The third-order valence-corrected chi connectivity index (χ3v) is 4.11. The minimum Gasteiger partial charge on any atom is -0.370 e. The highest BCUT2D eigenvalue weighted by Gasteiger charge is 2.06. The van der Waals surface area contributed by atoms with Crippen molar-refractivity contribution in [3.63, 3.8) is 0 Å². The molecule has 0 fully saturated rings. The van der Waals surface area contributed by atoms with E-state index in [0.29, 0.717) is 12.5 Å². The third kappa shape index (κ3) is 6.08. The average Bonchev–Trinajstić information content (AvgIpc) is 3.16. The molecule has 0 aromatic heterocycles. The van der Waals surface area contributed by atoms with E-state index < -0.39 is 0 Å². The van der Waals surface area contributed by atoms with Gasteiger partial charge in [0.2, 0.25) is 0 Å². The van der Waals surface area contributed by atoms with Crippen LogP contribution in [0.15, 0.2) is 71.7 Å². The Morgan fingerprint density at radius 2 is 1.64 bits per heavy atom. The Morgan fingerprint density at radius 1 is 0.960 bits per heavy atom. The van der Waals surface area contributed by atoms with Crippen LogP contribution in [0.2, 0.25) is 0 Å². The Kier molecular flexibility index (Phi) is 7.78. The van der Waals surface area contributed by atoms with Crippen LogP contribution < -0.4 is 16.0 Å². The van der Waals surface area contributed by atoms with E-state index in [0.717, 1.165) is 26.1 Å². The Morgan fingerprint density at radius 3 is 2.32 bits per heavy atom. The average molecular weight is 448 g/mol. The molecule has 3 N–H and O–H groups in total. The lowest BCUT2D eigenvalue weighted by Gasteiger charge is -2.17. The Labute approximate surface area is 166 Å². The fourth-order valence-corrected chi connectivity index (χ4v) is 2.71. The summed E-state index contributed by atoms with van der Waals surface area (Å²) < 4.78 is 0. The Hall–Kier alpha value is -2.02. The van der Waals surface area contributed by atoms with Crippen molar-refractivity contribution in [2.45, 2.75) is 13.0 Å². The van der Waals surface area contributed by atoms with Gasteiger partial charge in [-0.2, -0.15) is 0 Å². The highest BCUT2D eigenvalue weighted by Crippen LogP contribution is 2.17. The number of nitrogens with zero attached hydrogens (tertiary/aromatic N) is 2. The largest absolute Gasteiger partial charge is 0.370 e. The van der Waals surface area contributed by atoms with E-state index in [1.807, 2.05) is 6.07 Å². The number of guanidine groups is 1. The van der Waals surface area contributed by atoms with Crippen molar-refractivity contribution >= 4 is 35.6 Å². The maximum Gasteiger partial charge on any atom is 0.188 e. The third-order valence-electron chi connectivity index (χ3n) is 4.11. The molecule has 0 saturated carbocycles. The van der Waals surface area contributed by atoms with Crippen LogP contribution in [0, 0.1) is 0 Å². The summed E-state index contributed by atoms with van der Waals surface area (Å²) in [6.07, 6.45) is 5.33. The van der Waals surface area contributed by atoms with E-state index in [1.54, 1.807) is 0 Å². The standard InChI is InChI=1S/C20H24N4.HI/c21-20(22-13-12-17-6-2-1-3-7-17)23-16-18-8-10-19(11-9-18)24-14-4-5-15-24;/h1-11H,12-16H2,(H3,21,22,23);1H. The summed E-state index contributed by atoms with van der Waals surface area (Å²) in [5.41, 5.74) is 9.65. The van der Waals surface area contributed by atoms with Gasteiger partial charge in [0.1, 0.15) is 0 Å². The van der Waals surface area contributed by atoms with Crippen molar-refractivity contribution in [1.82, 2.24) is 5.32 Å². The predicted molar refractivity (Wildman–Crippen MR) is 117 cm³/mol. The van der Waals surface area contributed by atoms with E-state index in [2.05, 4.69) is 75.9 Å². The van der Waals surface area contributed by atoms with E-state index >= 15 is 0 Å². The maximum atomic E-state index is 5.94. The molecule has 0 atom stereocenters. The quantitative estimate of drug-likeness (QED) is 0.309. The summed E-state index contributed by atoms with van der Waals surface area (Å²) >= 11 is 0. The highest BCUT2D eigenvalue weighted by molar-refractivity contribution is 14.0. The van der Waals surface area contributed by atoms with Crippen molar-refractivity contribution in [1.29, 1.82) is 0 Å². The van der Waals surface area contributed by atoms with Crippen molar-refractivity contribution in [2.24, 2.45) is 10.7 Å². The molecule has 0 spiro atoms. The van der Waals surface area contributed by atoms with Crippen LogP contribution >= 0.6 is 24.0 Å². The molecule has 3 rings (SSSR count). The first-order chi connectivity index (χ1) is 11.8. The van der Waals surface area contributed by atoms with Crippen LogP contribution in [0.3, 0.4) is 0 Å². The molecule has 0 bridgehead atoms. The van der Waals surface area contributed by atoms with Gasteiger partial charge < -0.3 is 16.0 Å². The van der Waals surface area contributed by atoms with Crippen molar-refractivity contribution in [3.8, 4) is 0 Å². The van der Waals surface area contributed by atoms with Gasteiger partial charge in [0.15, 0.2) is 5.96 Å². The molecule has 0 radical (unpaired) electrons. The second kappa shape index (κ2) is 10.1. The molecule has 5 heteroatoms. The van der Waals surface area contributed by atoms with Crippen molar-refractivity contribution in [2.75, 3.05) is 24.5 Å². The van der Waals surface area contributed by atoms with Gasteiger partial charge >= 0.3 is 0 Å². The Balaban J connectivity index is 0.00000225. The molecule has 25 heavy (non-hydrogen) atoms. The maximum absolute atomic E-state index is 5.94. The second-order valence-electron chi connectivity index (χ2n) is 5.91. The lowest BCUT2D eigenvalue weighted by molar-refractivity contribution is 0.848. The minimum atomic E-state index is 0. The number of halogens is 1. The number of benzene rings is 2. The molecule has 0 saturated heterocycles. The number of aliphatic imine (C=N–C) groups is 1. The van der Waals surface area contributed by atoms with Crippen molar-refractivity contribution < 1.29 is 0 Å². The zero-order valence-electron chi connectivity index (χ0n) is 14.3. The van der Waals surface area contributed by atoms with E-state index in [9.17, 15) is 0 Å². The molecular formula is C20H25IN4. The summed E-state index contributed by atoms with van der Waals surface area (Å²) in [7, 11) is 0. The lowest BCUT2D eigenvalue weighted by Crippen LogP contribution is -2.33. The van der Waals surface area contributed by atoms with Gasteiger partial charge in [-0.1, -0.05) is 54.6 Å². The normalized spacial score (nSPS) is 13.6. The molecule has 2 aromatic carbocycles. The van der Waals surface area contributed by atoms with Gasteiger partial charge in [0, 0.05) is 25.3 Å². The molecule has 0 aliphatic carbocycles. The second-order valence-corrected chi connectivity index (χ2v) is 5.91. The number of anilines is 1. The SMILES string of the molecule is I.NC(=NCc1ccc(N2CC=CC2)cc1)NCCc1ccccc1. The first-order valence-electron chi connectivity index (χ1n) is 8.38. The van der Waals surface area contributed by atoms with Crippen LogP contribution in [0.5, 0.6) is 0 Å². The van der Waals surface area contributed by atoms with Crippen LogP contribution in [0.4, 0.5) is 5.69 Å². The number of rotatable bonds is 6. The van der Waals surface area contributed by atoms with Gasteiger partial charge in [0.25, 0.3) is 0 Å². The van der Waals surface area contributed by atoms with Crippen LogP contribution in [0.25, 0.3) is 0 Å². The van der Waals surface area contributed by atoms with Gasteiger partial charge in [0.05, 0.1) is 6.54 Å². The van der Waals surface area contributed by atoms with Gasteiger partial charge in [-0.05, 0) is 29.7 Å².